The summed E-state index contributed by atoms with van der Waals surface area (Å²) in [4.78, 5) is 18.1. The third-order valence-corrected chi connectivity index (χ3v) is 4.21. The lowest BCUT2D eigenvalue weighted by Crippen LogP contribution is -2.34. The van der Waals surface area contributed by atoms with Crippen LogP contribution < -0.4 is 5.32 Å². The Balaban J connectivity index is 2.09. The van der Waals surface area contributed by atoms with E-state index in [1.165, 1.54) is 12.4 Å². The molecule has 1 atom stereocenters. The van der Waals surface area contributed by atoms with Crippen LogP contribution in [0, 0.1) is 5.82 Å². The maximum atomic E-state index is 14.7. The lowest BCUT2D eigenvalue weighted by molar-refractivity contribution is 0.0697. The molecule has 5 nitrogen and oxygen atoms in total. The van der Waals surface area contributed by atoms with Gasteiger partial charge in [-0.15, -0.1) is 0 Å². The molecule has 3 N–H and O–H groups in total. The van der Waals surface area contributed by atoms with Crippen molar-refractivity contribution in [2.45, 2.75) is 18.9 Å². The highest BCUT2D eigenvalue weighted by molar-refractivity contribution is 9.11. The highest BCUT2D eigenvalue weighted by atomic mass is 79.9. The molecule has 1 aromatic heterocycles. The number of imidazole rings is 1. The second kappa shape index (κ2) is 5.24. The molecule has 114 valence electrons. The summed E-state index contributed by atoms with van der Waals surface area (Å²) < 4.78 is 15.6. The number of hydrogen-bond donors (Lipinski definition) is 3. The molecule has 7 heteroatoms. The molecule has 0 amide bonds. The van der Waals surface area contributed by atoms with Crippen LogP contribution >= 0.6 is 15.9 Å². The van der Waals surface area contributed by atoms with Crippen molar-refractivity contribution in [1.29, 1.82) is 0 Å². The first-order chi connectivity index (χ1) is 10.4. The minimum Gasteiger partial charge on any atom is -0.478 e. The minimum atomic E-state index is -1.20. The Hall–Kier alpha value is -2.15. The maximum Gasteiger partial charge on any atom is 0.337 e. The molecule has 22 heavy (non-hydrogen) atoms. The van der Waals surface area contributed by atoms with E-state index >= 15 is 0 Å². The van der Waals surface area contributed by atoms with Crippen molar-refractivity contribution < 1.29 is 14.3 Å². The number of aromatic amines is 1. The van der Waals surface area contributed by atoms with Crippen LogP contribution in [-0.2, 0) is 0 Å². The molecule has 1 aliphatic rings. The zero-order valence-electron chi connectivity index (χ0n) is 11.7. The first kappa shape index (κ1) is 14.8. The van der Waals surface area contributed by atoms with Gasteiger partial charge in [-0.25, -0.2) is 14.2 Å². The molecule has 0 radical (unpaired) electrons. The largest absolute Gasteiger partial charge is 0.478 e. The smallest absolute Gasteiger partial charge is 0.337 e. The van der Waals surface area contributed by atoms with Gasteiger partial charge in [0.1, 0.15) is 5.52 Å². The predicted molar refractivity (Wildman–Crippen MR) is 85.8 cm³/mol. The Kier molecular flexibility index (Phi) is 3.52. The first-order valence-corrected chi connectivity index (χ1v) is 7.41. The fourth-order valence-electron chi connectivity index (χ4n) is 2.42. The van der Waals surface area contributed by atoms with E-state index in [2.05, 4.69) is 31.2 Å². The summed E-state index contributed by atoms with van der Waals surface area (Å²) in [5, 5.41) is 12.4. The van der Waals surface area contributed by atoms with Crippen LogP contribution in [0.5, 0.6) is 0 Å². The molecule has 1 aliphatic carbocycles. The van der Waals surface area contributed by atoms with Crippen molar-refractivity contribution in [1.82, 2.24) is 9.97 Å². The standard InChI is InChI=1S/C15H13BrFN3O2/c1-15(4-2-8(16)3-5-15)20-12-9(14(21)22)6-10-13(11(12)17)19-7-18-10/h2-4,6-7,20H,5H2,1H3,(H,18,19)(H,21,22). The van der Waals surface area contributed by atoms with Gasteiger partial charge in [-0.3, -0.25) is 0 Å². The lowest BCUT2D eigenvalue weighted by atomic mass is 9.92. The number of carboxylic acid groups (broad SMARTS) is 1. The van der Waals surface area contributed by atoms with Crippen LogP contribution in [0.3, 0.4) is 0 Å². The fourth-order valence-corrected chi connectivity index (χ4v) is 2.71. The highest BCUT2D eigenvalue weighted by Crippen LogP contribution is 2.33. The minimum absolute atomic E-state index is 0.0503. The molecule has 0 spiro atoms. The van der Waals surface area contributed by atoms with Crippen LogP contribution in [0.1, 0.15) is 23.7 Å². The van der Waals surface area contributed by atoms with E-state index in [9.17, 15) is 14.3 Å². The van der Waals surface area contributed by atoms with Gasteiger partial charge < -0.3 is 15.4 Å². The van der Waals surface area contributed by atoms with E-state index in [1.807, 2.05) is 25.2 Å². The second-order valence-corrected chi connectivity index (χ2v) is 6.30. The van der Waals surface area contributed by atoms with Crippen LogP contribution in [0.2, 0.25) is 0 Å². The number of carbonyl (C=O) groups is 1. The van der Waals surface area contributed by atoms with Gasteiger partial charge in [0.15, 0.2) is 5.82 Å². The van der Waals surface area contributed by atoms with Crippen molar-refractivity contribution in [2.24, 2.45) is 0 Å². The van der Waals surface area contributed by atoms with E-state index < -0.39 is 17.3 Å². The molecule has 1 unspecified atom stereocenters. The molecule has 0 saturated heterocycles. The van der Waals surface area contributed by atoms with E-state index in [4.69, 9.17) is 0 Å². The van der Waals surface area contributed by atoms with Crippen molar-refractivity contribution >= 4 is 38.6 Å². The molecular weight excluding hydrogens is 353 g/mol. The summed E-state index contributed by atoms with van der Waals surface area (Å²) in [5.74, 6) is -1.86. The van der Waals surface area contributed by atoms with Gasteiger partial charge in [-0.05, 0) is 25.5 Å². The Labute approximate surface area is 134 Å². The number of benzene rings is 1. The number of nitrogens with one attached hydrogen (secondary N) is 2. The number of anilines is 1. The second-order valence-electron chi connectivity index (χ2n) is 5.39. The molecule has 3 rings (SSSR count). The number of rotatable bonds is 3. The van der Waals surface area contributed by atoms with Crippen LogP contribution in [0.15, 0.2) is 35.1 Å². The van der Waals surface area contributed by atoms with E-state index in [-0.39, 0.29) is 16.8 Å². The summed E-state index contributed by atoms with van der Waals surface area (Å²) in [7, 11) is 0. The Morgan fingerprint density at radius 2 is 2.36 bits per heavy atom. The van der Waals surface area contributed by atoms with Gasteiger partial charge in [0, 0.05) is 4.48 Å². The number of aromatic nitrogens is 2. The maximum absolute atomic E-state index is 14.7. The Bertz CT molecular complexity index is 828. The predicted octanol–water partition coefficient (Wildman–Crippen LogP) is 3.81. The quantitative estimate of drug-likeness (QED) is 0.772. The number of allylic oxidation sites excluding steroid dienone is 2. The Morgan fingerprint density at radius 1 is 1.59 bits per heavy atom. The topological polar surface area (TPSA) is 78.0 Å². The summed E-state index contributed by atoms with van der Waals surface area (Å²) in [6.45, 7) is 1.87. The van der Waals surface area contributed by atoms with Crippen LogP contribution in [0.4, 0.5) is 10.1 Å². The van der Waals surface area contributed by atoms with Crippen LogP contribution in [-0.4, -0.2) is 26.6 Å². The zero-order chi connectivity index (χ0) is 15.9. The van der Waals surface area contributed by atoms with Gasteiger partial charge in [-0.2, -0.15) is 0 Å². The van der Waals surface area contributed by atoms with Crippen molar-refractivity contribution in [2.75, 3.05) is 5.32 Å². The van der Waals surface area contributed by atoms with Crippen molar-refractivity contribution in [3.8, 4) is 0 Å². The number of fused-ring (bicyclic) bond motifs is 1. The molecule has 0 aliphatic heterocycles. The van der Waals surface area contributed by atoms with E-state index in [0.29, 0.717) is 11.9 Å². The third-order valence-electron chi connectivity index (χ3n) is 3.63. The summed E-state index contributed by atoms with van der Waals surface area (Å²) in [5.41, 5.74) is -0.282. The normalized spacial score (nSPS) is 21.0. The SMILES string of the molecule is CC1(Nc2c(C(=O)O)cc3[nH]cnc3c2F)C=CC(Br)=CC1. The van der Waals surface area contributed by atoms with E-state index in [1.54, 1.807) is 0 Å². The zero-order valence-corrected chi connectivity index (χ0v) is 13.2. The molecule has 0 fully saturated rings. The molecular formula is C15H13BrFN3O2. The van der Waals surface area contributed by atoms with Gasteiger partial charge in [0.05, 0.1) is 28.6 Å². The lowest BCUT2D eigenvalue weighted by Gasteiger charge is -2.30. The summed E-state index contributed by atoms with van der Waals surface area (Å²) in [6.07, 6.45) is 7.60. The number of carboxylic acids is 1. The van der Waals surface area contributed by atoms with Gasteiger partial charge in [0.2, 0.25) is 0 Å². The average Bonchev–Trinajstić information content (AvgIpc) is 2.94. The molecule has 1 aromatic carbocycles. The third kappa shape index (κ3) is 2.52. The number of aromatic carboxylic acids is 1. The van der Waals surface area contributed by atoms with Crippen LogP contribution in [0.25, 0.3) is 11.0 Å². The molecule has 0 bridgehead atoms. The number of H-pyrrole nitrogens is 1. The average molecular weight is 366 g/mol. The molecule has 2 aromatic rings. The number of nitrogens with zero attached hydrogens (tertiary/aromatic N) is 1. The number of hydrogen-bond acceptors (Lipinski definition) is 3. The fraction of sp³-hybridized carbons (Fsp3) is 0.200. The monoisotopic (exact) mass is 365 g/mol. The summed E-state index contributed by atoms with van der Waals surface area (Å²) >= 11 is 3.37. The van der Waals surface area contributed by atoms with E-state index in [0.717, 1.165) is 4.48 Å². The Morgan fingerprint density at radius 3 is 3.00 bits per heavy atom. The number of halogens is 2. The van der Waals surface area contributed by atoms with Crippen molar-refractivity contribution in [3.63, 3.8) is 0 Å². The summed E-state index contributed by atoms with van der Waals surface area (Å²) in [6, 6.07) is 1.39. The van der Waals surface area contributed by atoms with Gasteiger partial charge in [0.25, 0.3) is 0 Å². The molecule has 1 heterocycles. The van der Waals surface area contributed by atoms with Crippen molar-refractivity contribution in [3.05, 3.63) is 46.5 Å². The first-order valence-electron chi connectivity index (χ1n) is 6.61. The van der Waals surface area contributed by atoms with Gasteiger partial charge >= 0.3 is 5.97 Å². The molecule has 0 saturated carbocycles. The highest BCUT2D eigenvalue weighted by Gasteiger charge is 2.28. The van der Waals surface area contributed by atoms with Gasteiger partial charge in [-0.1, -0.05) is 28.1 Å².